The standard InChI is InChI=1S/C12H17ClN2O/c1-9-5-3-6-10(13)12(9)15-11(16)7-4-8-14-2/h3,5-6,14H,4,7-8H2,1-2H3,(H,15,16). The minimum Gasteiger partial charge on any atom is -0.325 e. The maximum Gasteiger partial charge on any atom is 0.224 e. The van der Waals surface area contributed by atoms with Gasteiger partial charge in [0.05, 0.1) is 10.7 Å². The molecule has 1 amide bonds. The Bertz CT molecular complexity index is 346. The van der Waals surface area contributed by atoms with E-state index in [0.717, 1.165) is 24.2 Å². The number of anilines is 1. The van der Waals surface area contributed by atoms with E-state index in [1.54, 1.807) is 6.07 Å². The van der Waals surface area contributed by atoms with Gasteiger partial charge in [-0.25, -0.2) is 0 Å². The summed E-state index contributed by atoms with van der Waals surface area (Å²) in [4.78, 5) is 11.6. The summed E-state index contributed by atoms with van der Waals surface area (Å²) in [6, 6.07) is 5.57. The van der Waals surface area contributed by atoms with Crippen LogP contribution in [-0.2, 0) is 4.79 Å². The van der Waals surface area contributed by atoms with E-state index in [0.29, 0.717) is 11.4 Å². The minimum absolute atomic E-state index is 0.00597. The van der Waals surface area contributed by atoms with Crippen molar-refractivity contribution in [2.75, 3.05) is 18.9 Å². The molecule has 0 heterocycles. The summed E-state index contributed by atoms with van der Waals surface area (Å²) >= 11 is 6.01. The van der Waals surface area contributed by atoms with Crippen molar-refractivity contribution in [3.63, 3.8) is 0 Å². The fraction of sp³-hybridized carbons (Fsp3) is 0.417. The van der Waals surface area contributed by atoms with Crippen molar-refractivity contribution >= 4 is 23.2 Å². The van der Waals surface area contributed by atoms with Gasteiger partial charge in [-0.15, -0.1) is 0 Å². The number of para-hydroxylation sites is 1. The Morgan fingerprint density at radius 1 is 1.44 bits per heavy atom. The van der Waals surface area contributed by atoms with E-state index < -0.39 is 0 Å². The van der Waals surface area contributed by atoms with Gasteiger partial charge in [-0.05, 0) is 38.6 Å². The molecule has 1 aromatic rings. The van der Waals surface area contributed by atoms with Crippen LogP contribution in [0.25, 0.3) is 0 Å². The van der Waals surface area contributed by atoms with Gasteiger partial charge in [0, 0.05) is 6.42 Å². The molecule has 0 aliphatic rings. The average Bonchev–Trinajstić information content (AvgIpc) is 2.24. The number of benzene rings is 1. The number of hydrogen-bond donors (Lipinski definition) is 2. The molecule has 0 bridgehead atoms. The summed E-state index contributed by atoms with van der Waals surface area (Å²) in [6.45, 7) is 2.77. The van der Waals surface area contributed by atoms with Crippen LogP contribution in [0.3, 0.4) is 0 Å². The summed E-state index contributed by atoms with van der Waals surface area (Å²) in [5.74, 6) is 0.00597. The first kappa shape index (κ1) is 13.0. The monoisotopic (exact) mass is 240 g/mol. The lowest BCUT2D eigenvalue weighted by atomic mass is 10.2. The molecule has 3 nitrogen and oxygen atoms in total. The lowest BCUT2D eigenvalue weighted by molar-refractivity contribution is -0.116. The fourth-order valence-electron chi connectivity index (χ4n) is 1.42. The molecule has 0 saturated heterocycles. The predicted molar refractivity (Wildman–Crippen MR) is 68.0 cm³/mol. The second-order valence-electron chi connectivity index (χ2n) is 3.69. The Hall–Kier alpha value is -1.06. The van der Waals surface area contributed by atoms with E-state index in [9.17, 15) is 4.79 Å². The summed E-state index contributed by atoms with van der Waals surface area (Å²) in [7, 11) is 1.87. The van der Waals surface area contributed by atoms with Gasteiger partial charge < -0.3 is 10.6 Å². The Kier molecular flexibility index (Phi) is 5.29. The quantitative estimate of drug-likeness (QED) is 0.777. The van der Waals surface area contributed by atoms with E-state index in [-0.39, 0.29) is 5.91 Å². The molecule has 0 spiro atoms. The fourth-order valence-corrected chi connectivity index (χ4v) is 1.69. The highest BCUT2D eigenvalue weighted by Gasteiger charge is 2.07. The van der Waals surface area contributed by atoms with Crippen LogP contribution in [0.4, 0.5) is 5.69 Å². The zero-order valence-electron chi connectivity index (χ0n) is 9.64. The van der Waals surface area contributed by atoms with E-state index in [1.165, 1.54) is 0 Å². The van der Waals surface area contributed by atoms with Gasteiger partial charge in [0.2, 0.25) is 5.91 Å². The summed E-state index contributed by atoms with van der Waals surface area (Å²) in [6.07, 6.45) is 1.33. The van der Waals surface area contributed by atoms with Gasteiger partial charge in [0.1, 0.15) is 0 Å². The number of aryl methyl sites for hydroxylation is 1. The van der Waals surface area contributed by atoms with Crippen LogP contribution in [0.2, 0.25) is 5.02 Å². The van der Waals surface area contributed by atoms with Crippen LogP contribution in [0.5, 0.6) is 0 Å². The minimum atomic E-state index is 0.00597. The molecule has 0 fully saturated rings. The number of carbonyl (C=O) groups is 1. The van der Waals surface area contributed by atoms with E-state index in [4.69, 9.17) is 11.6 Å². The maximum absolute atomic E-state index is 11.6. The number of amides is 1. The first-order valence-electron chi connectivity index (χ1n) is 5.34. The van der Waals surface area contributed by atoms with Crippen molar-refractivity contribution in [3.8, 4) is 0 Å². The normalized spacial score (nSPS) is 10.2. The SMILES string of the molecule is CNCCCC(=O)Nc1c(C)cccc1Cl. The molecule has 0 aliphatic carbocycles. The molecule has 0 radical (unpaired) electrons. The number of halogens is 1. The van der Waals surface area contributed by atoms with Crippen molar-refractivity contribution in [1.29, 1.82) is 0 Å². The summed E-state index contributed by atoms with van der Waals surface area (Å²) < 4.78 is 0. The van der Waals surface area contributed by atoms with Crippen molar-refractivity contribution in [3.05, 3.63) is 28.8 Å². The molecular weight excluding hydrogens is 224 g/mol. The van der Waals surface area contributed by atoms with Crippen LogP contribution in [0.15, 0.2) is 18.2 Å². The second-order valence-corrected chi connectivity index (χ2v) is 4.09. The highest BCUT2D eigenvalue weighted by molar-refractivity contribution is 6.33. The predicted octanol–water partition coefficient (Wildman–Crippen LogP) is 2.59. The lowest BCUT2D eigenvalue weighted by Crippen LogP contribution is -2.15. The molecule has 0 saturated carbocycles. The molecule has 0 aromatic heterocycles. The van der Waals surface area contributed by atoms with Crippen LogP contribution < -0.4 is 10.6 Å². The maximum atomic E-state index is 11.6. The van der Waals surface area contributed by atoms with Crippen molar-refractivity contribution in [1.82, 2.24) is 5.32 Å². The molecule has 1 aromatic carbocycles. The smallest absolute Gasteiger partial charge is 0.224 e. The third-order valence-corrected chi connectivity index (χ3v) is 2.63. The first-order chi connectivity index (χ1) is 7.65. The van der Waals surface area contributed by atoms with E-state index in [1.807, 2.05) is 26.1 Å². The Balaban J connectivity index is 2.56. The van der Waals surface area contributed by atoms with Gasteiger partial charge in [-0.2, -0.15) is 0 Å². The second kappa shape index (κ2) is 6.51. The van der Waals surface area contributed by atoms with Crippen LogP contribution in [0, 0.1) is 6.92 Å². The zero-order chi connectivity index (χ0) is 12.0. The van der Waals surface area contributed by atoms with Gasteiger partial charge in [-0.1, -0.05) is 23.7 Å². The third-order valence-electron chi connectivity index (χ3n) is 2.32. The molecule has 1 rings (SSSR count). The highest BCUT2D eigenvalue weighted by Crippen LogP contribution is 2.25. The van der Waals surface area contributed by atoms with Gasteiger partial charge in [0.15, 0.2) is 0 Å². The Labute approximate surface area is 101 Å². The lowest BCUT2D eigenvalue weighted by Gasteiger charge is -2.09. The third kappa shape index (κ3) is 3.83. The summed E-state index contributed by atoms with van der Waals surface area (Å²) in [5, 5.41) is 6.43. The Morgan fingerprint density at radius 2 is 2.19 bits per heavy atom. The molecule has 0 aliphatic heterocycles. The van der Waals surface area contributed by atoms with Crippen molar-refractivity contribution in [2.45, 2.75) is 19.8 Å². The number of rotatable bonds is 5. The molecule has 2 N–H and O–H groups in total. The zero-order valence-corrected chi connectivity index (χ0v) is 10.4. The van der Waals surface area contributed by atoms with Crippen LogP contribution in [-0.4, -0.2) is 19.5 Å². The molecular formula is C12H17ClN2O. The van der Waals surface area contributed by atoms with Crippen molar-refractivity contribution < 1.29 is 4.79 Å². The van der Waals surface area contributed by atoms with Gasteiger partial charge in [-0.3, -0.25) is 4.79 Å². The molecule has 4 heteroatoms. The van der Waals surface area contributed by atoms with Crippen LogP contribution in [0.1, 0.15) is 18.4 Å². The molecule has 0 unspecified atom stereocenters. The van der Waals surface area contributed by atoms with Crippen molar-refractivity contribution in [2.24, 2.45) is 0 Å². The largest absolute Gasteiger partial charge is 0.325 e. The first-order valence-corrected chi connectivity index (χ1v) is 5.72. The number of nitrogens with one attached hydrogen (secondary N) is 2. The molecule has 16 heavy (non-hydrogen) atoms. The highest BCUT2D eigenvalue weighted by atomic mass is 35.5. The van der Waals surface area contributed by atoms with Gasteiger partial charge >= 0.3 is 0 Å². The molecule has 0 atom stereocenters. The van der Waals surface area contributed by atoms with Gasteiger partial charge in [0.25, 0.3) is 0 Å². The summed E-state index contributed by atoms with van der Waals surface area (Å²) in [5.41, 5.74) is 1.70. The number of carbonyl (C=O) groups excluding carboxylic acids is 1. The van der Waals surface area contributed by atoms with E-state index >= 15 is 0 Å². The average molecular weight is 241 g/mol. The molecule has 88 valence electrons. The van der Waals surface area contributed by atoms with Crippen LogP contribution >= 0.6 is 11.6 Å². The topological polar surface area (TPSA) is 41.1 Å². The Morgan fingerprint density at radius 3 is 2.81 bits per heavy atom. The number of hydrogen-bond acceptors (Lipinski definition) is 2. The van der Waals surface area contributed by atoms with E-state index in [2.05, 4.69) is 10.6 Å².